The van der Waals surface area contributed by atoms with Gasteiger partial charge in [0.2, 0.25) is 0 Å². The van der Waals surface area contributed by atoms with E-state index in [-0.39, 0.29) is 19.8 Å². The Kier molecular flexibility index (Phi) is 6.36. The lowest BCUT2D eigenvalue weighted by Gasteiger charge is -2.11. The van der Waals surface area contributed by atoms with Crippen molar-refractivity contribution in [2.45, 2.75) is 13.1 Å². The SMILES string of the molecule is Cc1cc(C#CCN)ccc1OCCOCC(F)(F)F. The van der Waals surface area contributed by atoms with E-state index >= 15 is 0 Å². The Morgan fingerprint density at radius 3 is 2.60 bits per heavy atom. The fraction of sp³-hybridized carbons (Fsp3) is 0.429. The van der Waals surface area contributed by atoms with E-state index in [1.807, 2.05) is 13.0 Å². The number of rotatable bonds is 5. The van der Waals surface area contributed by atoms with E-state index in [1.54, 1.807) is 12.1 Å². The number of hydrogen-bond acceptors (Lipinski definition) is 3. The van der Waals surface area contributed by atoms with Gasteiger partial charge in [0, 0.05) is 5.56 Å². The molecule has 0 aliphatic heterocycles. The molecule has 0 amide bonds. The van der Waals surface area contributed by atoms with Crippen molar-refractivity contribution < 1.29 is 22.6 Å². The van der Waals surface area contributed by atoms with E-state index in [0.29, 0.717) is 5.75 Å². The van der Waals surface area contributed by atoms with Crippen LogP contribution < -0.4 is 10.5 Å². The Balaban J connectivity index is 2.41. The standard InChI is InChI=1S/C14H16F3NO2/c1-11-9-12(3-2-6-18)4-5-13(11)20-8-7-19-10-14(15,16)17/h4-5,9H,6-8,10,18H2,1H3. The number of aryl methyl sites for hydroxylation is 1. The van der Waals surface area contributed by atoms with Crippen molar-refractivity contribution in [1.29, 1.82) is 0 Å². The lowest BCUT2D eigenvalue weighted by atomic mass is 10.1. The molecule has 0 spiro atoms. The average Bonchev–Trinajstić information content (AvgIpc) is 2.36. The molecule has 0 fully saturated rings. The quantitative estimate of drug-likeness (QED) is 0.667. The van der Waals surface area contributed by atoms with E-state index in [0.717, 1.165) is 11.1 Å². The smallest absolute Gasteiger partial charge is 0.411 e. The average molecular weight is 287 g/mol. The van der Waals surface area contributed by atoms with E-state index in [2.05, 4.69) is 16.6 Å². The molecule has 0 saturated heterocycles. The molecule has 110 valence electrons. The molecule has 1 aromatic rings. The van der Waals surface area contributed by atoms with Crippen LogP contribution in [-0.4, -0.2) is 32.5 Å². The molecular weight excluding hydrogens is 271 g/mol. The van der Waals surface area contributed by atoms with E-state index in [4.69, 9.17) is 10.5 Å². The van der Waals surface area contributed by atoms with Crippen LogP contribution in [0.25, 0.3) is 0 Å². The van der Waals surface area contributed by atoms with Gasteiger partial charge >= 0.3 is 6.18 Å². The fourth-order valence-corrected chi connectivity index (χ4v) is 1.44. The Morgan fingerprint density at radius 2 is 2.00 bits per heavy atom. The molecule has 2 N–H and O–H groups in total. The Labute approximate surface area is 115 Å². The van der Waals surface area contributed by atoms with Crippen molar-refractivity contribution in [1.82, 2.24) is 0 Å². The second kappa shape index (κ2) is 7.78. The Bertz CT molecular complexity index is 489. The molecule has 1 rings (SSSR count). The first-order valence-corrected chi connectivity index (χ1v) is 5.99. The maximum Gasteiger partial charge on any atom is 0.411 e. The zero-order chi connectivity index (χ0) is 15.0. The summed E-state index contributed by atoms with van der Waals surface area (Å²) in [7, 11) is 0. The minimum atomic E-state index is -4.31. The van der Waals surface area contributed by atoms with Crippen LogP contribution in [0.1, 0.15) is 11.1 Å². The number of ether oxygens (including phenoxy) is 2. The first-order valence-electron chi connectivity index (χ1n) is 5.99. The summed E-state index contributed by atoms with van der Waals surface area (Å²) in [6.45, 7) is 0.800. The zero-order valence-electron chi connectivity index (χ0n) is 11.1. The van der Waals surface area contributed by atoms with Gasteiger partial charge in [0.1, 0.15) is 19.0 Å². The van der Waals surface area contributed by atoms with Crippen LogP contribution in [0.4, 0.5) is 13.2 Å². The molecule has 0 aliphatic carbocycles. The highest BCUT2D eigenvalue weighted by atomic mass is 19.4. The predicted octanol–water partition coefficient (Wildman–Crippen LogP) is 2.26. The summed E-state index contributed by atoms with van der Waals surface area (Å²) in [6.07, 6.45) is -4.31. The first kappa shape index (κ1) is 16.3. The molecule has 3 nitrogen and oxygen atoms in total. The number of nitrogens with two attached hydrogens (primary N) is 1. The molecule has 0 atom stereocenters. The Morgan fingerprint density at radius 1 is 1.25 bits per heavy atom. The minimum Gasteiger partial charge on any atom is -0.491 e. The van der Waals surface area contributed by atoms with E-state index in [1.165, 1.54) is 0 Å². The number of hydrogen-bond donors (Lipinski definition) is 1. The second-order valence-electron chi connectivity index (χ2n) is 4.00. The minimum absolute atomic E-state index is 0.0603. The van der Waals surface area contributed by atoms with Crippen molar-refractivity contribution in [3.05, 3.63) is 29.3 Å². The summed E-state index contributed by atoms with van der Waals surface area (Å²) in [5.74, 6) is 6.22. The lowest BCUT2D eigenvalue weighted by Crippen LogP contribution is -2.19. The van der Waals surface area contributed by atoms with Gasteiger partial charge in [-0.05, 0) is 30.7 Å². The van der Waals surface area contributed by atoms with Gasteiger partial charge < -0.3 is 15.2 Å². The van der Waals surface area contributed by atoms with Gasteiger partial charge in [-0.25, -0.2) is 0 Å². The molecule has 0 radical (unpaired) electrons. The second-order valence-corrected chi connectivity index (χ2v) is 4.00. The fourth-order valence-electron chi connectivity index (χ4n) is 1.44. The highest BCUT2D eigenvalue weighted by Gasteiger charge is 2.27. The molecule has 0 aliphatic rings. The van der Waals surface area contributed by atoms with Gasteiger partial charge in [0.15, 0.2) is 0 Å². The summed E-state index contributed by atoms with van der Waals surface area (Å²) in [6, 6.07) is 5.32. The molecule has 6 heteroatoms. The van der Waals surface area contributed by atoms with Crippen LogP contribution in [0.5, 0.6) is 5.75 Å². The number of halogens is 3. The summed E-state index contributed by atoms with van der Waals surface area (Å²) in [5, 5.41) is 0. The van der Waals surface area contributed by atoms with Gasteiger partial charge in [-0.1, -0.05) is 11.8 Å². The maximum atomic E-state index is 11.8. The first-order chi connectivity index (χ1) is 9.42. The highest BCUT2D eigenvalue weighted by Crippen LogP contribution is 2.19. The van der Waals surface area contributed by atoms with Crippen LogP contribution in [0.3, 0.4) is 0 Å². The normalized spacial score (nSPS) is 10.8. The molecular formula is C14H16F3NO2. The van der Waals surface area contributed by atoms with Crippen LogP contribution in [0.15, 0.2) is 18.2 Å². The molecule has 0 aromatic heterocycles. The van der Waals surface area contributed by atoms with Gasteiger partial charge in [-0.15, -0.1) is 0 Å². The maximum absolute atomic E-state index is 11.8. The van der Waals surface area contributed by atoms with Crippen molar-refractivity contribution >= 4 is 0 Å². The third-order valence-corrected chi connectivity index (χ3v) is 2.26. The molecule has 1 aromatic carbocycles. The van der Waals surface area contributed by atoms with Crippen LogP contribution in [0.2, 0.25) is 0 Å². The van der Waals surface area contributed by atoms with Gasteiger partial charge in [-0.2, -0.15) is 13.2 Å². The van der Waals surface area contributed by atoms with Crippen molar-refractivity contribution in [3.8, 4) is 17.6 Å². The van der Waals surface area contributed by atoms with Crippen molar-refractivity contribution in [2.75, 3.05) is 26.4 Å². The predicted molar refractivity (Wildman–Crippen MR) is 69.5 cm³/mol. The van der Waals surface area contributed by atoms with Crippen LogP contribution in [-0.2, 0) is 4.74 Å². The van der Waals surface area contributed by atoms with Crippen molar-refractivity contribution in [3.63, 3.8) is 0 Å². The van der Waals surface area contributed by atoms with Crippen LogP contribution >= 0.6 is 0 Å². The lowest BCUT2D eigenvalue weighted by molar-refractivity contribution is -0.175. The van der Waals surface area contributed by atoms with E-state index in [9.17, 15) is 13.2 Å². The van der Waals surface area contributed by atoms with Crippen LogP contribution in [0, 0.1) is 18.8 Å². The van der Waals surface area contributed by atoms with E-state index < -0.39 is 12.8 Å². The summed E-state index contributed by atoms with van der Waals surface area (Å²) in [4.78, 5) is 0. The summed E-state index contributed by atoms with van der Waals surface area (Å²) >= 11 is 0. The van der Waals surface area contributed by atoms with Gasteiger partial charge in [0.25, 0.3) is 0 Å². The molecule has 20 heavy (non-hydrogen) atoms. The highest BCUT2D eigenvalue weighted by molar-refractivity contribution is 5.43. The largest absolute Gasteiger partial charge is 0.491 e. The monoisotopic (exact) mass is 287 g/mol. The summed E-state index contributed by atoms with van der Waals surface area (Å²) < 4.78 is 45.3. The van der Waals surface area contributed by atoms with Crippen molar-refractivity contribution in [2.24, 2.45) is 5.73 Å². The number of alkyl halides is 3. The molecule has 0 heterocycles. The topological polar surface area (TPSA) is 44.5 Å². The molecule has 0 unspecified atom stereocenters. The Hall–Kier alpha value is -1.71. The van der Waals surface area contributed by atoms with Gasteiger partial charge in [-0.3, -0.25) is 0 Å². The zero-order valence-corrected chi connectivity index (χ0v) is 11.1. The third-order valence-electron chi connectivity index (χ3n) is 2.26. The number of benzene rings is 1. The summed E-state index contributed by atoms with van der Waals surface area (Å²) in [5.41, 5.74) is 6.94. The molecule has 0 bridgehead atoms. The third kappa shape index (κ3) is 6.45. The molecule has 0 saturated carbocycles. The van der Waals surface area contributed by atoms with Gasteiger partial charge in [0.05, 0.1) is 13.2 Å².